The van der Waals surface area contributed by atoms with E-state index < -0.39 is 0 Å². The van der Waals surface area contributed by atoms with Crippen LogP contribution in [0.2, 0.25) is 0 Å². The average molecular weight is 320 g/mol. The molecule has 112 valence electrons. The van der Waals surface area contributed by atoms with Crippen LogP contribution in [0.15, 0.2) is 29.2 Å². The fraction of sp³-hybridized carbons (Fsp3) is 0.375. The van der Waals surface area contributed by atoms with E-state index in [1.165, 1.54) is 4.88 Å². The highest BCUT2D eigenvalue weighted by Gasteiger charge is 2.23. The summed E-state index contributed by atoms with van der Waals surface area (Å²) in [5.41, 5.74) is 1.75. The Labute approximate surface area is 134 Å². The molecule has 0 fully saturated rings. The van der Waals surface area contributed by atoms with Gasteiger partial charge in [0.2, 0.25) is 0 Å². The quantitative estimate of drug-likeness (QED) is 0.787. The van der Waals surface area contributed by atoms with Gasteiger partial charge in [0.15, 0.2) is 0 Å². The number of rotatable bonds is 4. The van der Waals surface area contributed by atoms with Gasteiger partial charge in [-0.1, -0.05) is 12.1 Å². The van der Waals surface area contributed by atoms with Gasteiger partial charge in [0.25, 0.3) is 5.91 Å². The fourth-order valence-corrected chi connectivity index (χ4v) is 3.80. The van der Waals surface area contributed by atoms with E-state index in [2.05, 4.69) is 11.9 Å². The molecule has 0 spiro atoms. The lowest BCUT2D eigenvalue weighted by atomic mass is 10.1. The molecule has 1 amide bonds. The van der Waals surface area contributed by atoms with E-state index in [1.54, 1.807) is 28.0 Å². The Kier molecular flexibility index (Phi) is 5.06. The molecule has 0 aliphatic rings. The number of aryl methyl sites for hydroxylation is 2. The van der Waals surface area contributed by atoms with E-state index in [4.69, 9.17) is 0 Å². The van der Waals surface area contributed by atoms with Gasteiger partial charge in [-0.05, 0) is 39.2 Å². The van der Waals surface area contributed by atoms with Crippen molar-refractivity contribution in [3.8, 4) is 0 Å². The van der Waals surface area contributed by atoms with E-state index in [-0.39, 0.29) is 11.9 Å². The van der Waals surface area contributed by atoms with Crippen molar-refractivity contribution >= 4 is 29.0 Å². The molecule has 1 heterocycles. The van der Waals surface area contributed by atoms with Crippen LogP contribution in [-0.4, -0.2) is 29.1 Å². The number of nitrogens with zero attached hydrogens (tertiary/aromatic N) is 2. The highest BCUT2D eigenvalue weighted by Crippen LogP contribution is 2.28. The van der Waals surface area contributed by atoms with Crippen molar-refractivity contribution in [2.45, 2.75) is 31.7 Å². The van der Waals surface area contributed by atoms with Crippen molar-refractivity contribution in [3.05, 3.63) is 45.4 Å². The molecule has 1 atom stereocenters. The van der Waals surface area contributed by atoms with Gasteiger partial charge in [-0.3, -0.25) is 4.79 Å². The molecular formula is C16H20N2OS2. The van der Waals surface area contributed by atoms with Gasteiger partial charge >= 0.3 is 0 Å². The van der Waals surface area contributed by atoms with Gasteiger partial charge in [-0.2, -0.15) is 0 Å². The minimum absolute atomic E-state index is 0.0302. The zero-order chi connectivity index (χ0) is 15.6. The van der Waals surface area contributed by atoms with Crippen LogP contribution in [0.25, 0.3) is 0 Å². The van der Waals surface area contributed by atoms with E-state index in [9.17, 15) is 4.79 Å². The molecule has 21 heavy (non-hydrogen) atoms. The zero-order valence-electron chi connectivity index (χ0n) is 13.0. The maximum atomic E-state index is 12.7. The SMILES string of the molecule is CSc1ccccc1C(=O)N(C)C(C)c1nc(C)sc1C. The van der Waals surface area contributed by atoms with Crippen LogP contribution in [0.4, 0.5) is 0 Å². The first-order valence-corrected chi connectivity index (χ1v) is 8.84. The molecule has 1 aromatic carbocycles. The summed E-state index contributed by atoms with van der Waals surface area (Å²) in [6, 6.07) is 7.70. The van der Waals surface area contributed by atoms with Crippen LogP contribution < -0.4 is 0 Å². The molecule has 0 bridgehead atoms. The standard InChI is InChI=1S/C16H20N2OS2/c1-10(15-11(2)21-12(3)17-15)18(4)16(19)13-8-6-7-9-14(13)20-5/h6-10H,1-5H3. The molecule has 0 saturated heterocycles. The predicted octanol–water partition coefficient (Wildman–Crippen LogP) is 4.32. The molecule has 0 saturated carbocycles. The molecule has 0 radical (unpaired) electrons. The van der Waals surface area contributed by atoms with Crippen molar-refractivity contribution in [2.75, 3.05) is 13.3 Å². The summed E-state index contributed by atoms with van der Waals surface area (Å²) in [7, 11) is 1.85. The second-order valence-electron chi connectivity index (χ2n) is 4.97. The van der Waals surface area contributed by atoms with Crippen LogP contribution >= 0.6 is 23.1 Å². The monoisotopic (exact) mass is 320 g/mol. The number of benzene rings is 1. The molecule has 3 nitrogen and oxygen atoms in total. The van der Waals surface area contributed by atoms with Crippen molar-refractivity contribution < 1.29 is 4.79 Å². The van der Waals surface area contributed by atoms with Gasteiger partial charge in [0.05, 0.1) is 22.3 Å². The minimum Gasteiger partial charge on any atom is -0.333 e. The minimum atomic E-state index is -0.0302. The molecular weight excluding hydrogens is 300 g/mol. The number of thiazole rings is 1. The lowest BCUT2D eigenvalue weighted by Gasteiger charge is -2.25. The lowest BCUT2D eigenvalue weighted by Crippen LogP contribution is -2.30. The Hall–Kier alpha value is -1.33. The van der Waals surface area contributed by atoms with Crippen LogP contribution in [0, 0.1) is 13.8 Å². The number of thioether (sulfide) groups is 1. The summed E-state index contributed by atoms with van der Waals surface area (Å²) in [5.74, 6) is 0.0394. The normalized spacial score (nSPS) is 12.2. The van der Waals surface area contributed by atoms with E-state index >= 15 is 0 Å². The first kappa shape index (κ1) is 16.0. The summed E-state index contributed by atoms with van der Waals surface area (Å²) in [5, 5.41) is 1.04. The molecule has 5 heteroatoms. The molecule has 2 aromatic rings. The van der Waals surface area contributed by atoms with Crippen LogP contribution in [0.3, 0.4) is 0 Å². The van der Waals surface area contributed by atoms with Gasteiger partial charge in [0, 0.05) is 16.8 Å². The number of amides is 1. The van der Waals surface area contributed by atoms with Gasteiger partial charge in [-0.25, -0.2) is 4.98 Å². The molecule has 1 unspecified atom stereocenters. The molecule has 1 aromatic heterocycles. The number of hydrogen-bond acceptors (Lipinski definition) is 4. The van der Waals surface area contributed by atoms with Gasteiger partial charge in [-0.15, -0.1) is 23.1 Å². The van der Waals surface area contributed by atoms with E-state index in [0.717, 1.165) is 21.2 Å². The van der Waals surface area contributed by atoms with Gasteiger partial charge in [0.1, 0.15) is 0 Å². The van der Waals surface area contributed by atoms with Crippen LogP contribution in [0.1, 0.15) is 38.9 Å². The predicted molar refractivity (Wildman–Crippen MR) is 90.3 cm³/mol. The third-order valence-corrected chi connectivity index (χ3v) is 5.27. The van der Waals surface area contributed by atoms with Crippen LogP contribution in [-0.2, 0) is 0 Å². The maximum absolute atomic E-state index is 12.7. The number of hydrogen-bond donors (Lipinski definition) is 0. The Morgan fingerprint density at radius 2 is 2.00 bits per heavy atom. The fourth-order valence-electron chi connectivity index (χ4n) is 2.30. The Bertz CT molecular complexity index is 651. The van der Waals surface area contributed by atoms with Crippen molar-refractivity contribution in [1.82, 2.24) is 9.88 Å². The first-order chi connectivity index (χ1) is 9.95. The summed E-state index contributed by atoms with van der Waals surface area (Å²) >= 11 is 3.27. The average Bonchev–Trinajstić information content (AvgIpc) is 2.83. The zero-order valence-corrected chi connectivity index (χ0v) is 14.6. The maximum Gasteiger partial charge on any atom is 0.255 e. The van der Waals surface area contributed by atoms with E-state index in [1.807, 2.05) is 51.4 Å². The highest BCUT2D eigenvalue weighted by atomic mass is 32.2. The first-order valence-electron chi connectivity index (χ1n) is 6.79. The topological polar surface area (TPSA) is 33.2 Å². The highest BCUT2D eigenvalue weighted by molar-refractivity contribution is 7.98. The number of carbonyl (C=O) groups is 1. The molecule has 0 aliphatic heterocycles. The Morgan fingerprint density at radius 1 is 1.33 bits per heavy atom. The molecule has 0 aliphatic carbocycles. The Balaban J connectivity index is 2.28. The lowest BCUT2D eigenvalue weighted by molar-refractivity contribution is 0.0736. The summed E-state index contributed by atoms with van der Waals surface area (Å²) in [6.45, 7) is 6.09. The molecule has 2 rings (SSSR count). The second kappa shape index (κ2) is 6.62. The summed E-state index contributed by atoms with van der Waals surface area (Å²) in [6.07, 6.45) is 1.99. The van der Waals surface area contributed by atoms with Crippen molar-refractivity contribution in [3.63, 3.8) is 0 Å². The number of carbonyl (C=O) groups excluding carboxylic acids is 1. The van der Waals surface area contributed by atoms with Crippen LogP contribution in [0.5, 0.6) is 0 Å². The third kappa shape index (κ3) is 3.30. The largest absolute Gasteiger partial charge is 0.333 e. The van der Waals surface area contributed by atoms with E-state index in [0.29, 0.717) is 0 Å². The second-order valence-corrected chi connectivity index (χ2v) is 7.22. The number of aromatic nitrogens is 1. The van der Waals surface area contributed by atoms with Crippen molar-refractivity contribution in [2.24, 2.45) is 0 Å². The molecule has 0 N–H and O–H groups in total. The Morgan fingerprint density at radius 3 is 2.57 bits per heavy atom. The third-order valence-electron chi connectivity index (χ3n) is 3.57. The van der Waals surface area contributed by atoms with Gasteiger partial charge < -0.3 is 4.90 Å². The summed E-state index contributed by atoms with van der Waals surface area (Å²) in [4.78, 5) is 21.3. The smallest absolute Gasteiger partial charge is 0.255 e. The summed E-state index contributed by atoms with van der Waals surface area (Å²) < 4.78 is 0. The van der Waals surface area contributed by atoms with Crippen molar-refractivity contribution in [1.29, 1.82) is 0 Å².